The molecule has 2 fully saturated rings. The van der Waals surface area contributed by atoms with Gasteiger partial charge >= 0.3 is 0 Å². The van der Waals surface area contributed by atoms with Gasteiger partial charge in [-0.3, -0.25) is 14.5 Å². The summed E-state index contributed by atoms with van der Waals surface area (Å²) >= 11 is 12.0. The Kier molecular flexibility index (Phi) is 6.24. The van der Waals surface area contributed by atoms with Crippen LogP contribution in [0, 0.1) is 0 Å². The number of carbonyl (C=O) groups excluding carboxylic acids is 2. The first-order chi connectivity index (χ1) is 13.1. The van der Waals surface area contributed by atoms with Crippen molar-refractivity contribution in [1.82, 2.24) is 10.2 Å². The summed E-state index contributed by atoms with van der Waals surface area (Å²) in [4.78, 5) is 27.0. The first-order valence-electron chi connectivity index (χ1n) is 9.08. The Morgan fingerprint density at radius 3 is 2.71 bits per heavy atom. The summed E-state index contributed by atoms with van der Waals surface area (Å²) in [5, 5.41) is 6.45. The van der Waals surface area contributed by atoms with Crippen molar-refractivity contribution < 1.29 is 18.0 Å². The third-order valence-corrected chi connectivity index (χ3v) is 7.60. The van der Waals surface area contributed by atoms with Gasteiger partial charge in [-0.1, -0.05) is 23.2 Å². The van der Waals surface area contributed by atoms with Crippen molar-refractivity contribution in [3.05, 3.63) is 28.2 Å². The molecule has 2 heterocycles. The van der Waals surface area contributed by atoms with E-state index in [1.165, 1.54) is 0 Å². The second-order valence-electron chi connectivity index (χ2n) is 7.69. The van der Waals surface area contributed by atoms with Gasteiger partial charge in [0.05, 0.1) is 40.3 Å². The molecule has 7 nitrogen and oxygen atoms in total. The zero-order valence-corrected chi connectivity index (χ0v) is 17.8. The van der Waals surface area contributed by atoms with Crippen LogP contribution in [0.3, 0.4) is 0 Å². The van der Waals surface area contributed by atoms with E-state index in [9.17, 15) is 18.0 Å². The second-order valence-corrected chi connectivity index (χ2v) is 10.7. The van der Waals surface area contributed by atoms with Gasteiger partial charge in [0, 0.05) is 5.02 Å². The van der Waals surface area contributed by atoms with Crippen molar-refractivity contribution in [2.45, 2.75) is 37.8 Å². The van der Waals surface area contributed by atoms with Crippen molar-refractivity contribution in [3.63, 3.8) is 0 Å². The molecule has 2 amide bonds. The quantitative estimate of drug-likeness (QED) is 0.720. The highest BCUT2D eigenvalue weighted by Gasteiger charge is 2.40. The monoisotopic (exact) mass is 447 g/mol. The molecule has 1 aromatic carbocycles. The van der Waals surface area contributed by atoms with E-state index < -0.39 is 21.4 Å². The van der Waals surface area contributed by atoms with Gasteiger partial charge in [-0.25, -0.2) is 8.42 Å². The number of sulfone groups is 1. The van der Waals surface area contributed by atoms with Crippen LogP contribution < -0.4 is 10.6 Å². The van der Waals surface area contributed by atoms with Crippen molar-refractivity contribution in [2.75, 3.05) is 29.9 Å². The lowest BCUT2D eigenvalue weighted by Crippen LogP contribution is -2.52. The second kappa shape index (κ2) is 8.18. The first kappa shape index (κ1) is 21.4. The number of likely N-dealkylation sites (tertiary alicyclic amines) is 1. The molecular weight excluding hydrogens is 425 g/mol. The number of carbonyl (C=O) groups is 2. The van der Waals surface area contributed by atoms with Crippen LogP contribution in [0.15, 0.2) is 18.2 Å². The number of anilines is 1. The third kappa shape index (κ3) is 5.17. The number of rotatable bonds is 5. The van der Waals surface area contributed by atoms with Crippen LogP contribution in [0.4, 0.5) is 5.69 Å². The Bertz CT molecular complexity index is 893. The fourth-order valence-electron chi connectivity index (χ4n) is 3.79. The number of hydrogen-bond donors (Lipinski definition) is 2. The van der Waals surface area contributed by atoms with E-state index in [4.69, 9.17) is 23.2 Å². The fourth-order valence-corrected chi connectivity index (χ4v) is 6.34. The number of nitrogens with zero attached hydrogens (tertiary/aromatic N) is 1. The highest BCUT2D eigenvalue weighted by Crippen LogP contribution is 2.27. The van der Waals surface area contributed by atoms with E-state index in [2.05, 4.69) is 10.6 Å². The highest BCUT2D eigenvalue weighted by atomic mass is 35.5. The van der Waals surface area contributed by atoms with Gasteiger partial charge in [-0.05, 0) is 50.9 Å². The molecule has 1 aromatic rings. The normalized spacial score (nSPS) is 26.9. The summed E-state index contributed by atoms with van der Waals surface area (Å²) in [7, 11) is -3.11. The van der Waals surface area contributed by atoms with E-state index in [-0.39, 0.29) is 29.9 Å². The first-order valence-corrected chi connectivity index (χ1v) is 11.7. The van der Waals surface area contributed by atoms with E-state index in [1.54, 1.807) is 30.0 Å². The number of halogens is 2. The SMILES string of the molecule is C[C@]1(NC(=O)CN2CCC[C@@H]2C(=O)Nc2ccc(Cl)cc2Cl)CCS(=O)(=O)C1. The van der Waals surface area contributed by atoms with Crippen LogP contribution in [0.1, 0.15) is 26.2 Å². The predicted molar refractivity (Wildman–Crippen MR) is 110 cm³/mol. The molecule has 2 atom stereocenters. The molecule has 2 N–H and O–H groups in total. The van der Waals surface area contributed by atoms with Gasteiger partial charge in [-0.2, -0.15) is 0 Å². The molecule has 0 saturated carbocycles. The standard InChI is InChI=1S/C18H23Cl2N3O4S/c1-18(6-8-28(26,27)11-18)22-16(24)10-23-7-2-3-15(23)17(25)21-14-5-4-12(19)9-13(14)20/h4-5,9,15H,2-3,6-8,10-11H2,1H3,(H,21,25)(H,22,24)/t15-,18+/m1/s1. The lowest BCUT2D eigenvalue weighted by Gasteiger charge is -2.27. The van der Waals surface area contributed by atoms with Gasteiger partial charge in [0.15, 0.2) is 9.84 Å². The van der Waals surface area contributed by atoms with Crippen LogP contribution in [-0.4, -0.2) is 61.3 Å². The third-order valence-electron chi connectivity index (χ3n) is 5.15. The van der Waals surface area contributed by atoms with Crippen molar-refractivity contribution in [2.24, 2.45) is 0 Å². The van der Waals surface area contributed by atoms with E-state index in [0.29, 0.717) is 35.1 Å². The summed E-state index contributed by atoms with van der Waals surface area (Å²) in [6, 6.07) is 4.38. The highest BCUT2D eigenvalue weighted by molar-refractivity contribution is 7.91. The number of amides is 2. The summed E-state index contributed by atoms with van der Waals surface area (Å²) < 4.78 is 23.4. The minimum atomic E-state index is -3.11. The molecule has 0 bridgehead atoms. The lowest BCUT2D eigenvalue weighted by molar-refractivity contribution is -0.125. The van der Waals surface area contributed by atoms with Crippen LogP contribution in [0.2, 0.25) is 10.0 Å². The van der Waals surface area contributed by atoms with E-state index in [1.807, 2.05) is 0 Å². The minimum Gasteiger partial charge on any atom is -0.349 e. The summed E-state index contributed by atoms with van der Waals surface area (Å²) in [6.07, 6.45) is 1.83. The smallest absolute Gasteiger partial charge is 0.241 e. The fraction of sp³-hybridized carbons (Fsp3) is 0.556. The van der Waals surface area contributed by atoms with Gasteiger partial charge < -0.3 is 10.6 Å². The van der Waals surface area contributed by atoms with Gasteiger partial charge in [0.1, 0.15) is 0 Å². The molecule has 10 heteroatoms. The molecule has 2 aliphatic heterocycles. The molecular formula is C18H23Cl2N3O4S. The molecule has 0 aromatic heterocycles. The number of benzene rings is 1. The Morgan fingerprint density at radius 1 is 1.32 bits per heavy atom. The maximum atomic E-state index is 12.7. The maximum Gasteiger partial charge on any atom is 0.241 e. The van der Waals surface area contributed by atoms with Crippen LogP contribution in [0.25, 0.3) is 0 Å². The number of hydrogen-bond acceptors (Lipinski definition) is 5. The molecule has 3 rings (SSSR count). The molecule has 2 aliphatic rings. The summed E-state index contributed by atoms with van der Waals surface area (Å²) in [5.41, 5.74) is -0.277. The molecule has 0 spiro atoms. The molecule has 0 aliphatic carbocycles. The molecule has 28 heavy (non-hydrogen) atoms. The summed E-state index contributed by atoms with van der Waals surface area (Å²) in [5.74, 6) is -0.474. The van der Waals surface area contributed by atoms with Crippen LogP contribution in [0.5, 0.6) is 0 Å². The average Bonchev–Trinajstić information content (AvgIpc) is 3.13. The van der Waals surface area contributed by atoms with Crippen LogP contribution in [-0.2, 0) is 19.4 Å². The zero-order valence-electron chi connectivity index (χ0n) is 15.5. The van der Waals surface area contributed by atoms with Gasteiger partial charge in [0.2, 0.25) is 11.8 Å². The van der Waals surface area contributed by atoms with Crippen molar-refractivity contribution in [3.8, 4) is 0 Å². The molecule has 0 unspecified atom stereocenters. The molecule has 0 radical (unpaired) electrons. The van der Waals surface area contributed by atoms with E-state index >= 15 is 0 Å². The average molecular weight is 448 g/mol. The van der Waals surface area contributed by atoms with Gasteiger partial charge in [0.25, 0.3) is 0 Å². The van der Waals surface area contributed by atoms with Gasteiger partial charge in [-0.15, -0.1) is 0 Å². The zero-order chi connectivity index (χ0) is 20.5. The van der Waals surface area contributed by atoms with Crippen molar-refractivity contribution >= 4 is 50.5 Å². The van der Waals surface area contributed by atoms with Crippen molar-refractivity contribution in [1.29, 1.82) is 0 Å². The molecule has 154 valence electrons. The Hall–Kier alpha value is -1.35. The number of nitrogens with one attached hydrogen (secondary N) is 2. The Morgan fingerprint density at radius 2 is 2.07 bits per heavy atom. The largest absolute Gasteiger partial charge is 0.349 e. The van der Waals surface area contributed by atoms with Crippen LogP contribution >= 0.6 is 23.2 Å². The topological polar surface area (TPSA) is 95.6 Å². The molecule has 2 saturated heterocycles. The van der Waals surface area contributed by atoms with E-state index in [0.717, 1.165) is 6.42 Å². The maximum absolute atomic E-state index is 12.7. The predicted octanol–water partition coefficient (Wildman–Crippen LogP) is 2.09. The summed E-state index contributed by atoms with van der Waals surface area (Å²) in [6.45, 7) is 2.41. The minimum absolute atomic E-state index is 0.0437. The Balaban J connectivity index is 1.59. The lowest BCUT2D eigenvalue weighted by atomic mass is 10.0. The Labute approximate surface area is 174 Å².